The van der Waals surface area contributed by atoms with Gasteiger partial charge in [-0.25, -0.2) is 0 Å². The SMILES string of the molecule is CC(C)CNc1ccc(C#N)c(Cl)c1. The molecule has 14 heavy (non-hydrogen) atoms. The van der Waals surface area contributed by atoms with Crippen LogP contribution in [-0.2, 0) is 0 Å². The van der Waals surface area contributed by atoms with Crippen molar-refractivity contribution in [3.8, 4) is 6.07 Å². The van der Waals surface area contributed by atoms with Gasteiger partial charge in [0, 0.05) is 12.2 Å². The number of anilines is 1. The Balaban J connectivity index is 2.73. The van der Waals surface area contributed by atoms with Crippen molar-refractivity contribution in [1.82, 2.24) is 0 Å². The van der Waals surface area contributed by atoms with Gasteiger partial charge in [-0.1, -0.05) is 25.4 Å². The third kappa shape index (κ3) is 2.93. The van der Waals surface area contributed by atoms with E-state index in [4.69, 9.17) is 16.9 Å². The van der Waals surface area contributed by atoms with Crippen LogP contribution >= 0.6 is 11.6 Å². The van der Waals surface area contributed by atoms with Crippen molar-refractivity contribution in [2.75, 3.05) is 11.9 Å². The van der Waals surface area contributed by atoms with Gasteiger partial charge in [-0.3, -0.25) is 0 Å². The van der Waals surface area contributed by atoms with Crippen molar-refractivity contribution in [2.24, 2.45) is 5.92 Å². The second kappa shape index (κ2) is 4.88. The Morgan fingerprint density at radius 1 is 1.50 bits per heavy atom. The van der Waals surface area contributed by atoms with Gasteiger partial charge in [-0.05, 0) is 24.1 Å². The molecule has 0 aliphatic rings. The summed E-state index contributed by atoms with van der Waals surface area (Å²) in [6, 6.07) is 7.40. The van der Waals surface area contributed by atoms with E-state index in [2.05, 4.69) is 19.2 Å². The minimum absolute atomic E-state index is 0.501. The molecule has 0 unspecified atom stereocenters. The zero-order valence-corrected chi connectivity index (χ0v) is 9.10. The van der Waals surface area contributed by atoms with Gasteiger partial charge in [0.05, 0.1) is 10.6 Å². The molecule has 2 nitrogen and oxygen atoms in total. The lowest BCUT2D eigenvalue weighted by Crippen LogP contribution is -2.07. The summed E-state index contributed by atoms with van der Waals surface area (Å²) in [4.78, 5) is 0. The summed E-state index contributed by atoms with van der Waals surface area (Å²) in [5.74, 6) is 0.587. The van der Waals surface area contributed by atoms with Crippen LogP contribution < -0.4 is 5.32 Å². The lowest BCUT2D eigenvalue weighted by molar-refractivity contribution is 0.689. The van der Waals surface area contributed by atoms with E-state index in [1.807, 2.05) is 12.1 Å². The van der Waals surface area contributed by atoms with Crippen molar-refractivity contribution in [3.63, 3.8) is 0 Å². The number of benzene rings is 1. The monoisotopic (exact) mass is 208 g/mol. The lowest BCUT2D eigenvalue weighted by atomic mass is 10.2. The van der Waals surface area contributed by atoms with E-state index in [1.165, 1.54) is 0 Å². The fraction of sp³-hybridized carbons (Fsp3) is 0.364. The predicted octanol–water partition coefficient (Wildman–Crippen LogP) is 3.28. The van der Waals surface area contributed by atoms with E-state index in [-0.39, 0.29) is 0 Å². The molecule has 0 spiro atoms. The molecule has 74 valence electrons. The second-order valence-corrected chi connectivity index (χ2v) is 3.99. The Morgan fingerprint density at radius 3 is 2.71 bits per heavy atom. The van der Waals surface area contributed by atoms with Crippen LogP contribution in [0.5, 0.6) is 0 Å². The number of halogens is 1. The number of rotatable bonds is 3. The Morgan fingerprint density at radius 2 is 2.21 bits per heavy atom. The normalized spacial score (nSPS) is 9.93. The summed E-state index contributed by atoms with van der Waals surface area (Å²) >= 11 is 5.88. The predicted molar refractivity (Wildman–Crippen MR) is 59.5 cm³/mol. The number of nitrogens with zero attached hydrogens (tertiary/aromatic N) is 1. The van der Waals surface area contributed by atoms with Crippen molar-refractivity contribution in [3.05, 3.63) is 28.8 Å². The first-order chi connectivity index (χ1) is 6.63. The van der Waals surface area contributed by atoms with Crippen molar-refractivity contribution in [1.29, 1.82) is 5.26 Å². The van der Waals surface area contributed by atoms with Gasteiger partial charge in [0.25, 0.3) is 0 Å². The van der Waals surface area contributed by atoms with E-state index in [0.717, 1.165) is 12.2 Å². The number of nitriles is 1. The zero-order valence-electron chi connectivity index (χ0n) is 8.34. The highest BCUT2D eigenvalue weighted by Gasteiger charge is 2.00. The molecule has 1 aromatic rings. The third-order valence-electron chi connectivity index (χ3n) is 1.80. The first-order valence-electron chi connectivity index (χ1n) is 4.57. The van der Waals surface area contributed by atoms with Gasteiger partial charge < -0.3 is 5.32 Å². The quantitative estimate of drug-likeness (QED) is 0.828. The molecule has 0 atom stereocenters. The van der Waals surface area contributed by atoms with Crippen LogP contribution in [0.3, 0.4) is 0 Å². The topological polar surface area (TPSA) is 35.8 Å². The Hall–Kier alpha value is -1.20. The summed E-state index contributed by atoms with van der Waals surface area (Å²) in [5.41, 5.74) is 1.48. The fourth-order valence-electron chi connectivity index (χ4n) is 1.04. The largest absolute Gasteiger partial charge is 0.385 e. The summed E-state index contributed by atoms with van der Waals surface area (Å²) < 4.78 is 0. The van der Waals surface area contributed by atoms with Crippen LogP contribution in [0.25, 0.3) is 0 Å². The third-order valence-corrected chi connectivity index (χ3v) is 2.12. The van der Waals surface area contributed by atoms with Crippen LogP contribution in [0.15, 0.2) is 18.2 Å². The Kier molecular flexibility index (Phi) is 3.79. The van der Waals surface area contributed by atoms with Gasteiger partial charge in [0.1, 0.15) is 6.07 Å². The Bertz CT molecular complexity index is 353. The van der Waals surface area contributed by atoms with Crippen molar-refractivity contribution in [2.45, 2.75) is 13.8 Å². The second-order valence-electron chi connectivity index (χ2n) is 3.58. The molecule has 0 fully saturated rings. The first kappa shape index (κ1) is 10.9. The molecule has 0 heterocycles. The first-order valence-corrected chi connectivity index (χ1v) is 4.95. The summed E-state index contributed by atoms with van der Waals surface area (Å²) in [7, 11) is 0. The maximum atomic E-state index is 8.67. The molecule has 0 radical (unpaired) electrons. The maximum Gasteiger partial charge on any atom is 0.101 e. The van der Waals surface area contributed by atoms with E-state index in [9.17, 15) is 0 Å². The lowest BCUT2D eigenvalue weighted by Gasteiger charge is -2.09. The van der Waals surface area contributed by atoms with Gasteiger partial charge in [0.2, 0.25) is 0 Å². The maximum absolute atomic E-state index is 8.67. The Labute approximate surface area is 89.5 Å². The average molecular weight is 209 g/mol. The molecular weight excluding hydrogens is 196 g/mol. The average Bonchev–Trinajstić information content (AvgIpc) is 2.15. The van der Waals surface area contributed by atoms with E-state index in [1.54, 1.807) is 12.1 Å². The molecule has 0 saturated heterocycles. The fourth-order valence-corrected chi connectivity index (χ4v) is 1.26. The van der Waals surface area contributed by atoms with Crippen LogP contribution in [0.2, 0.25) is 5.02 Å². The smallest absolute Gasteiger partial charge is 0.101 e. The highest BCUT2D eigenvalue weighted by atomic mass is 35.5. The standard InChI is InChI=1S/C11H13ClN2/c1-8(2)7-14-10-4-3-9(6-13)11(12)5-10/h3-5,8,14H,7H2,1-2H3. The van der Waals surface area contributed by atoms with Crippen LogP contribution in [0.1, 0.15) is 19.4 Å². The molecule has 3 heteroatoms. The molecule has 1 aromatic carbocycles. The van der Waals surface area contributed by atoms with E-state index >= 15 is 0 Å². The van der Waals surface area contributed by atoms with E-state index < -0.39 is 0 Å². The molecule has 0 aromatic heterocycles. The van der Waals surface area contributed by atoms with Crippen molar-refractivity contribution < 1.29 is 0 Å². The summed E-state index contributed by atoms with van der Waals surface area (Å²) in [6.07, 6.45) is 0. The molecule has 0 saturated carbocycles. The molecule has 1 N–H and O–H groups in total. The minimum Gasteiger partial charge on any atom is -0.385 e. The molecule has 0 aliphatic carbocycles. The van der Waals surface area contributed by atoms with Gasteiger partial charge in [0.15, 0.2) is 0 Å². The summed E-state index contributed by atoms with van der Waals surface area (Å²) in [6.45, 7) is 5.18. The van der Waals surface area contributed by atoms with Gasteiger partial charge >= 0.3 is 0 Å². The number of hydrogen-bond donors (Lipinski definition) is 1. The number of hydrogen-bond acceptors (Lipinski definition) is 2. The highest BCUT2D eigenvalue weighted by molar-refractivity contribution is 6.32. The van der Waals surface area contributed by atoms with Gasteiger partial charge in [-0.15, -0.1) is 0 Å². The van der Waals surface area contributed by atoms with Crippen molar-refractivity contribution >= 4 is 17.3 Å². The highest BCUT2D eigenvalue weighted by Crippen LogP contribution is 2.20. The molecule has 1 rings (SSSR count). The van der Waals surface area contributed by atoms with Crippen LogP contribution in [0, 0.1) is 17.2 Å². The summed E-state index contributed by atoms with van der Waals surface area (Å²) in [5, 5.41) is 12.4. The van der Waals surface area contributed by atoms with Crippen LogP contribution in [-0.4, -0.2) is 6.54 Å². The molecule has 0 bridgehead atoms. The molecular formula is C11H13ClN2. The van der Waals surface area contributed by atoms with Gasteiger partial charge in [-0.2, -0.15) is 5.26 Å². The molecule has 0 amide bonds. The zero-order chi connectivity index (χ0) is 10.6. The minimum atomic E-state index is 0.501. The number of nitrogens with one attached hydrogen (secondary N) is 1. The molecule has 0 aliphatic heterocycles. The van der Waals surface area contributed by atoms with Crippen LogP contribution in [0.4, 0.5) is 5.69 Å². The van der Waals surface area contributed by atoms with E-state index in [0.29, 0.717) is 16.5 Å².